The minimum atomic E-state index is -1.06. The molecule has 0 N–H and O–H groups in total. The molecule has 1 fully saturated rings. The average Bonchev–Trinajstić information content (AvgIpc) is 2.87. The second kappa shape index (κ2) is 7.62. The smallest absolute Gasteiger partial charge is 0.410 e. The van der Waals surface area contributed by atoms with Gasteiger partial charge in [0.2, 0.25) is 0 Å². The summed E-state index contributed by atoms with van der Waals surface area (Å²) in [4.78, 5) is 17.9. The Hall–Kier alpha value is -1.14. The number of hydrogen-bond acceptors (Lipinski definition) is 4. The summed E-state index contributed by atoms with van der Waals surface area (Å²) < 4.78 is 17.8. The number of nitrogens with zero attached hydrogens (tertiary/aromatic N) is 2. The van der Waals surface area contributed by atoms with Crippen LogP contribution >= 0.6 is 11.6 Å². The number of hydrogen-bond donors (Lipinski definition) is 0. The molecule has 0 unspecified atom stereocenters. The Morgan fingerprint density at radius 1 is 1.48 bits per heavy atom. The Kier molecular flexibility index (Phi) is 6.03. The first-order chi connectivity index (χ1) is 10.7. The number of rotatable bonds is 4. The fraction of sp³-hybridized carbons (Fsp3) is 0.625. The van der Waals surface area contributed by atoms with E-state index < -0.39 is 16.4 Å². The summed E-state index contributed by atoms with van der Waals surface area (Å²) in [6.45, 7) is 6.21. The Balaban J connectivity index is 1.91. The van der Waals surface area contributed by atoms with Crippen molar-refractivity contribution in [1.29, 1.82) is 0 Å². The second-order valence-corrected chi connectivity index (χ2v) is 8.60. The zero-order valence-electron chi connectivity index (χ0n) is 13.8. The van der Waals surface area contributed by atoms with E-state index in [-0.39, 0.29) is 12.1 Å². The highest BCUT2D eigenvalue weighted by Crippen LogP contribution is 2.22. The van der Waals surface area contributed by atoms with Crippen LogP contribution in [0.4, 0.5) is 4.79 Å². The largest absolute Gasteiger partial charge is 0.444 e. The van der Waals surface area contributed by atoms with E-state index in [4.69, 9.17) is 16.3 Å². The lowest BCUT2D eigenvalue weighted by Gasteiger charge is -2.28. The first-order valence-corrected chi connectivity index (χ1v) is 9.56. The highest BCUT2D eigenvalue weighted by Gasteiger charge is 2.33. The van der Waals surface area contributed by atoms with Gasteiger partial charge >= 0.3 is 6.09 Å². The number of ether oxygens (including phenoxy) is 1. The highest BCUT2D eigenvalue weighted by atomic mass is 35.5. The van der Waals surface area contributed by atoms with Crippen molar-refractivity contribution in [2.24, 2.45) is 0 Å². The fourth-order valence-electron chi connectivity index (χ4n) is 2.52. The minimum Gasteiger partial charge on any atom is -0.444 e. The molecule has 23 heavy (non-hydrogen) atoms. The van der Waals surface area contributed by atoms with Crippen LogP contribution in [0.3, 0.4) is 0 Å². The Bertz CT molecular complexity index is 572. The monoisotopic (exact) mass is 358 g/mol. The molecule has 0 radical (unpaired) electrons. The van der Waals surface area contributed by atoms with Gasteiger partial charge in [0.1, 0.15) is 10.8 Å². The number of aromatic nitrogens is 1. The molecule has 0 aromatic carbocycles. The van der Waals surface area contributed by atoms with Gasteiger partial charge < -0.3 is 9.64 Å². The molecule has 1 amide bonds. The molecule has 1 aromatic heterocycles. The van der Waals surface area contributed by atoms with E-state index in [0.29, 0.717) is 23.2 Å². The molecule has 2 rings (SSSR count). The lowest BCUT2D eigenvalue weighted by Crippen LogP contribution is -2.42. The molecule has 0 aliphatic carbocycles. The average molecular weight is 359 g/mol. The van der Waals surface area contributed by atoms with Crippen molar-refractivity contribution in [1.82, 2.24) is 9.88 Å². The van der Waals surface area contributed by atoms with E-state index in [9.17, 15) is 9.00 Å². The van der Waals surface area contributed by atoms with E-state index in [1.165, 1.54) is 0 Å². The molecule has 7 heteroatoms. The molecule has 2 heterocycles. The van der Waals surface area contributed by atoms with Gasteiger partial charge in [-0.05, 0) is 45.2 Å². The van der Waals surface area contributed by atoms with Gasteiger partial charge in [-0.3, -0.25) is 4.21 Å². The molecule has 128 valence electrons. The SMILES string of the molecule is CC(C)(C)OC(=O)N1CCC[C@H]1C[S@@](=O)Cc1ccc(Cl)nc1. The highest BCUT2D eigenvalue weighted by molar-refractivity contribution is 7.84. The molecule has 1 aromatic rings. The first kappa shape index (κ1) is 18.2. The number of amides is 1. The van der Waals surface area contributed by atoms with Crippen LogP contribution in [0, 0.1) is 0 Å². The molecule has 2 atom stereocenters. The molecule has 5 nitrogen and oxygen atoms in total. The van der Waals surface area contributed by atoms with Gasteiger partial charge in [0.05, 0.1) is 5.75 Å². The van der Waals surface area contributed by atoms with Crippen molar-refractivity contribution >= 4 is 28.5 Å². The predicted octanol–water partition coefficient (Wildman–Crippen LogP) is 3.38. The van der Waals surface area contributed by atoms with Crippen molar-refractivity contribution in [3.05, 3.63) is 29.0 Å². The van der Waals surface area contributed by atoms with Gasteiger partial charge in [-0.1, -0.05) is 17.7 Å². The molecule has 0 spiro atoms. The van der Waals surface area contributed by atoms with E-state index in [2.05, 4.69) is 4.98 Å². The van der Waals surface area contributed by atoms with Crippen LogP contribution in [0.5, 0.6) is 0 Å². The van der Waals surface area contributed by atoms with Crippen LogP contribution in [0.1, 0.15) is 39.2 Å². The van der Waals surface area contributed by atoms with Gasteiger partial charge in [0.15, 0.2) is 0 Å². The number of halogens is 1. The molecule has 0 saturated carbocycles. The number of likely N-dealkylation sites (tertiary alicyclic amines) is 1. The normalized spacial score (nSPS) is 19.7. The van der Waals surface area contributed by atoms with Crippen molar-refractivity contribution in [3.8, 4) is 0 Å². The van der Waals surface area contributed by atoms with Crippen molar-refractivity contribution in [2.45, 2.75) is 51.0 Å². The van der Waals surface area contributed by atoms with Gasteiger partial charge in [-0.2, -0.15) is 0 Å². The van der Waals surface area contributed by atoms with E-state index in [1.54, 1.807) is 17.2 Å². The third-order valence-electron chi connectivity index (χ3n) is 3.50. The summed E-state index contributed by atoms with van der Waals surface area (Å²) >= 11 is 5.75. The Labute approximate surface area is 144 Å². The summed E-state index contributed by atoms with van der Waals surface area (Å²) in [6, 6.07) is 3.50. The summed E-state index contributed by atoms with van der Waals surface area (Å²) in [6.07, 6.45) is 3.11. The van der Waals surface area contributed by atoms with Gasteiger partial charge in [0, 0.05) is 35.3 Å². The topological polar surface area (TPSA) is 59.5 Å². The molecule has 1 aliphatic rings. The number of pyridine rings is 1. The van der Waals surface area contributed by atoms with Crippen LogP contribution < -0.4 is 0 Å². The molecule has 0 bridgehead atoms. The van der Waals surface area contributed by atoms with Crippen LogP contribution in [0.25, 0.3) is 0 Å². The maximum absolute atomic E-state index is 12.4. The van der Waals surface area contributed by atoms with Crippen LogP contribution in [-0.2, 0) is 21.3 Å². The van der Waals surface area contributed by atoms with Crippen molar-refractivity contribution in [3.63, 3.8) is 0 Å². The van der Waals surface area contributed by atoms with E-state index >= 15 is 0 Å². The van der Waals surface area contributed by atoms with E-state index in [0.717, 1.165) is 18.4 Å². The summed E-state index contributed by atoms with van der Waals surface area (Å²) in [5.41, 5.74) is 0.368. The Morgan fingerprint density at radius 3 is 2.83 bits per heavy atom. The third-order valence-corrected chi connectivity index (χ3v) is 5.14. The van der Waals surface area contributed by atoms with Crippen LogP contribution in [0.2, 0.25) is 5.15 Å². The van der Waals surface area contributed by atoms with Crippen LogP contribution in [0.15, 0.2) is 18.3 Å². The van der Waals surface area contributed by atoms with Gasteiger partial charge in [0.25, 0.3) is 0 Å². The second-order valence-electron chi connectivity index (χ2n) is 6.71. The Morgan fingerprint density at radius 2 is 2.22 bits per heavy atom. The molecule has 1 saturated heterocycles. The number of carbonyl (C=O) groups is 1. The lowest BCUT2D eigenvalue weighted by atomic mass is 10.2. The quantitative estimate of drug-likeness (QED) is 0.774. The standard InChI is InChI=1S/C16H23ClN2O3S/c1-16(2,3)22-15(20)19-8-4-5-13(19)11-23(21)10-12-6-7-14(17)18-9-12/h6-7,9,13H,4-5,8,10-11H2,1-3H3/t13-,23-/m0/s1. The molecule has 1 aliphatic heterocycles. The molecular weight excluding hydrogens is 336 g/mol. The van der Waals surface area contributed by atoms with Gasteiger partial charge in [-0.25, -0.2) is 9.78 Å². The summed E-state index contributed by atoms with van der Waals surface area (Å²) in [5.74, 6) is 0.880. The van der Waals surface area contributed by atoms with Crippen molar-refractivity contribution < 1.29 is 13.7 Å². The zero-order valence-corrected chi connectivity index (χ0v) is 15.3. The maximum atomic E-state index is 12.4. The maximum Gasteiger partial charge on any atom is 0.410 e. The summed E-state index contributed by atoms with van der Waals surface area (Å²) in [5, 5.41) is 0.423. The summed E-state index contributed by atoms with van der Waals surface area (Å²) in [7, 11) is -1.06. The van der Waals surface area contributed by atoms with Crippen LogP contribution in [-0.4, -0.2) is 44.1 Å². The van der Waals surface area contributed by atoms with Gasteiger partial charge in [-0.15, -0.1) is 0 Å². The molecular formula is C16H23ClN2O3S. The fourth-order valence-corrected chi connectivity index (χ4v) is 4.07. The predicted molar refractivity (Wildman–Crippen MR) is 91.9 cm³/mol. The lowest BCUT2D eigenvalue weighted by molar-refractivity contribution is 0.0241. The zero-order chi connectivity index (χ0) is 17.0. The number of carbonyl (C=O) groups excluding carboxylic acids is 1. The van der Waals surface area contributed by atoms with Crippen molar-refractivity contribution in [2.75, 3.05) is 12.3 Å². The minimum absolute atomic E-state index is 0.0223. The third kappa shape index (κ3) is 5.77. The van der Waals surface area contributed by atoms with E-state index in [1.807, 2.05) is 26.8 Å². The first-order valence-electron chi connectivity index (χ1n) is 7.69.